The maximum atomic E-state index is 11.1. The molecule has 2 N–H and O–H groups in total. The minimum absolute atomic E-state index is 0.321. The number of hydrogen-bond acceptors (Lipinski definition) is 5. The van der Waals surface area contributed by atoms with Crippen LogP contribution in [0, 0.1) is 11.8 Å². The topological polar surface area (TPSA) is 65.2 Å². The van der Waals surface area contributed by atoms with Gasteiger partial charge >= 0.3 is 5.97 Å². The number of rotatable bonds is 1. The zero-order valence-electron chi connectivity index (χ0n) is 9.19. The number of esters is 1. The Labute approximate surface area is 102 Å². The number of nitrogens with zero attached hydrogens (tertiary/aromatic N) is 1. The summed E-state index contributed by atoms with van der Waals surface area (Å²) in [4.78, 5) is 15.3. The van der Waals surface area contributed by atoms with Crippen molar-refractivity contribution in [1.82, 2.24) is 4.98 Å². The lowest BCUT2D eigenvalue weighted by Gasteiger charge is -1.92. The predicted molar refractivity (Wildman–Crippen MR) is 67.5 cm³/mol. The molecule has 2 aromatic rings. The number of aromatic nitrogens is 1. The molecule has 0 unspecified atom stereocenters. The van der Waals surface area contributed by atoms with Crippen LogP contribution < -0.4 is 5.73 Å². The second-order valence-electron chi connectivity index (χ2n) is 3.17. The van der Waals surface area contributed by atoms with Gasteiger partial charge < -0.3 is 10.5 Å². The highest BCUT2D eigenvalue weighted by molar-refractivity contribution is 7.22. The molecule has 0 bridgehead atoms. The quantitative estimate of drug-likeness (QED) is 0.615. The fourth-order valence-corrected chi connectivity index (χ4v) is 2.11. The third-order valence-electron chi connectivity index (χ3n) is 2.01. The van der Waals surface area contributed by atoms with Gasteiger partial charge in [-0.25, -0.2) is 9.78 Å². The SMILES string of the molecule is CCOC(=O)C#Cc1cccc2sc(N)nc12. The number of para-hydroxylation sites is 1. The maximum Gasteiger partial charge on any atom is 0.384 e. The summed E-state index contributed by atoms with van der Waals surface area (Å²) in [6.45, 7) is 2.06. The van der Waals surface area contributed by atoms with Gasteiger partial charge in [0.2, 0.25) is 0 Å². The number of fused-ring (bicyclic) bond motifs is 1. The van der Waals surface area contributed by atoms with Crippen molar-refractivity contribution in [3.63, 3.8) is 0 Å². The molecule has 0 saturated carbocycles. The molecule has 1 aromatic carbocycles. The van der Waals surface area contributed by atoms with Gasteiger partial charge in [-0.15, -0.1) is 0 Å². The van der Waals surface area contributed by atoms with Gasteiger partial charge in [0.25, 0.3) is 0 Å². The van der Waals surface area contributed by atoms with Crippen molar-refractivity contribution in [3.05, 3.63) is 23.8 Å². The van der Waals surface area contributed by atoms with Gasteiger partial charge in [-0.2, -0.15) is 0 Å². The lowest BCUT2D eigenvalue weighted by Crippen LogP contribution is -1.99. The highest BCUT2D eigenvalue weighted by atomic mass is 32.1. The summed E-state index contributed by atoms with van der Waals surface area (Å²) >= 11 is 1.39. The first-order valence-electron chi connectivity index (χ1n) is 5.04. The van der Waals surface area contributed by atoms with E-state index in [1.54, 1.807) is 13.0 Å². The lowest BCUT2D eigenvalue weighted by molar-refractivity contribution is -0.136. The molecule has 5 heteroatoms. The molecule has 0 aliphatic rings. The second kappa shape index (κ2) is 4.85. The fourth-order valence-electron chi connectivity index (χ4n) is 1.35. The van der Waals surface area contributed by atoms with E-state index in [2.05, 4.69) is 16.8 Å². The average molecular weight is 246 g/mol. The molecule has 0 atom stereocenters. The molecule has 86 valence electrons. The smallest absolute Gasteiger partial charge is 0.384 e. The van der Waals surface area contributed by atoms with Crippen LogP contribution in [0.4, 0.5) is 5.13 Å². The van der Waals surface area contributed by atoms with E-state index < -0.39 is 5.97 Å². The number of hydrogen-bond donors (Lipinski definition) is 1. The van der Waals surface area contributed by atoms with Crippen LogP contribution in [0.2, 0.25) is 0 Å². The van der Waals surface area contributed by atoms with Crippen LogP contribution in [-0.2, 0) is 9.53 Å². The molecule has 17 heavy (non-hydrogen) atoms. The van der Waals surface area contributed by atoms with Gasteiger partial charge in [-0.3, -0.25) is 0 Å². The van der Waals surface area contributed by atoms with Gasteiger partial charge in [-0.05, 0) is 19.1 Å². The third-order valence-corrected chi connectivity index (χ3v) is 2.86. The Morgan fingerprint density at radius 3 is 3.18 bits per heavy atom. The van der Waals surface area contributed by atoms with Crippen molar-refractivity contribution in [2.24, 2.45) is 0 Å². The summed E-state index contributed by atoms with van der Waals surface area (Å²) in [5, 5.41) is 0.491. The minimum Gasteiger partial charge on any atom is -0.456 e. The van der Waals surface area contributed by atoms with E-state index >= 15 is 0 Å². The van der Waals surface area contributed by atoms with Crippen molar-refractivity contribution in [3.8, 4) is 11.8 Å². The summed E-state index contributed by atoms with van der Waals surface area (Å²) < 4.78 is 5.68. The van der Waals surface area contributed by atoms with E-state index in [-0.39, 0.29) is 0 Å². The van der Waals surface area contributed by atoms with Crippen LogP contribution >= 0.6 is 11.3 Å². The number of nitrogens with two attached hydrogens (primary N) is 1. The molecule has 0 aliphatic carbocycles. The van der Waals surface area contributed by atoms with E-state index in [0.717, 1.165) is 10.2 Å². The fraction of sp³-hybridized carbons (Fsp3) is 0.167. The zero-order valence-corrected chi connectivity index (χ0v) is 10.0. The molecule has 0 amide bonds. The molecule has 0 aliphatic heterocycles. The molecule has 2 rings (SSSR count). The molecule has 1 heterocycles. The average Bonchev–Trinajstić information content (AvgIpc) is 2.67. The summed E-state index contributed by atoms with van der Waals surface area (Å²) in [6, 6.07) is 5.57. The van der Waals surface area contributed by atoms with E-state index in [4.69, 9.17) is 10.5 Å². The Balaban J connectivity index is 2.38. The van der Waals surface area contributed by atoms with Gasteiger partial charge in [0.15, 0.2) is 5.13 Å². The lowest BCUT2D eigenvalue weighted by atomic mass is 10.2. The van der Waals surface area contributed by atoms with Crippen LogP contribution in [0.3, 0.4) is 0 Å². The van der Waals surface area contributed by atoms with Crippen LogP contribution in [0.1, 0.15) is 12.5 Å². The maximum absolute atomic E-state index is 11.1. The Hall–Kier alpha value is -2.06. The Kier molecular flexibility index (Phi) is 3.26. The normalized spacial score (nSPS) is 9.71. The molecule has 1 aromatic heterocycles. The Bertz CT molecular complexity index is 622. The largest absolute Gasteiger partial charge is 0.456 e. The number of carbonyl (C=O) groups excluding carboxylic acids is 1. The highest BCUT2D eigenvalue weighted by Gasteiger charge is 2.04. The first kappa shape index (κ1) is 11.4. The van der Waals surface area contributed by atoms with Crippen LogP contribution in [0.5, 0.6) is 0 Å². The van der Waals surface area contributed by atoms with Gasteiger partial charge in [0.1, 0.15) is 0 Å². The van der Waals surface area contributed by atoms with Crippen molar-refractivity contribution in [2.75, 3.05) is 12.3 Å². The first-order chi connectivity index (χ1) is 8.20. The molecule has 4 nitrogen and oxygen atoms in total. The van der Waals surface area contributed by atoms with E-state index in [9.17, 15) is 4.79 Å². The summed E-state index contributed by atoms with van der Waals surface area (Å²) in [5.41, 5.74) is 7.04. The standard InChI is InChI=1S/C12H10N2O2S/c1-2-16-10(15)7-6-8-4-3-5-9-11(8)14-12(13)17-9/h3-5H,2H2,1H3,(H2,13,14). The number of thiazole rings is 1. The number of nitrogen functional groups attached to an aromatic ring is 1. The van der Waals surface area contributed by atoms with Crippen LogP contribution in [0.15, 0.2) is 18.2 Å². The third kappa shape index (κ3) is 2.55. The van der Waals surface area contributed by atoms with E-state index in [1.165, 1.54) is 11.3 Å². The van der Waals surface area contributed by atoms with E-state index in [1.807, 2.05) is 12.1 Å². The Morgan fingerprint density at radius 2 is 2.41 bits per heavy atom. The summed E-state index contributed by atoms with van der Waals surface area (Å²) in [6.07, 6.45) is 0. The Morgan fingerprint density at radius 1 is 1.59 bits per heavy atom. The number of carbonyl (C=O) groups is 1. The first-order valence-corrected chi connectivity index (χ1v) is 5.86. The van der Waals surface area contributed by atoms with Crippen molar-refractivity contribution < 1.29 is 9.53 Å². The summed E-state index contributed by atoms with van der Waals surface area (Å²) in [7, 11) is 0. The van der Waals surface area contributed by atoms with Gasteiger partial charge in [0, 0.05) is 5.92 Å². The van der Waals surface area contributed by atoms with Gasteiger partial charge in [0.05, 0.1) is 22.4 Å². The number of benzene rings is 1. The highest BCUT2D eigenvalue weighted by Crippen LogP contribution is 2.25. The molecular formula is C12H10N2O2S. The molecular weight excluding hydrogens is 236 g/mol. The monoisotopic (exact) mass is 246 g/mol. The summed E-state index contributed by atoms with van der Waals surface area (Å²) in [5.74, 6) is 4.63. The predicted octanol–water partition coefficient (Wildman–Crippen LogP) is 1.79. The molecule has 0 radical (unpaired) electrons. The van der Waals surface area contributed by atoms with Crippen molar-refractivity contribution in [2.45, 2.75) is 6.92 Å². The number of anilines is 1. The molecule has 0 saturated heterocycles. The second-order valence-corrected chi connectivity index (χ2v) is 4.24. The van der Waals surface area contributed by atoms with E-state index in [0.29, 0.717) is 17.3 Å². The minimum atomic E-state index is -0.535. The molecule has 0 spiro atoms. The van der Waals surface area contributed by atoms with Gasteiger partial charge in [-0.1, -0.05) is 23.3 Å². The van der Waals surface area contributed by atoms with Crippen LogP contribution in [0.25, 0.3) is 10.2 Å². The zero-order chi connectivity index (χ0) is 12.3. The van der Waals surface area contributed by atoms with Crippen molar-refractivity contribution >= 4 is 32.7 Å². The molecule has 0 fully saturated rings. The van der Waals surface area contributed by atoms with Crippen LogP contribution in [-0.4, -0.2) is 17.6 Å². The van der Waals surface area contributed by atoms with Crippen molar-refractivity contribution in [1.29, 1.82) is 0 Å². The number of ether oxygens (including phenoxy) is 1.